The number of nitrogens with one attached hydrogen (secondary N) is 1. The summed E-state index contributed by atoms with van der Waals surface area (Å²) in [5.41, 5.74) is 2.35. The van der Waals surface area contributed by atoms with Crippen molar-refractivity contribution in [2.45, 2.75) is 6.92 Å². The molecule has 0 bridgehead atoms. The van der Waals surface area contributed by atoms with E-state index in [0.717, 1.165) is 0 Å². The van der Waals surface area contributed by atoms with E-state index in [2.05, 4.69) is 11.1 Å². The van der Waals surface area contributed by atoms with Crippen LogP contribution < -0.4 is 0 Å². The summed E-state index contributed by atoms with van der Waals surface area (Å²) in [6, 6.07) is 4.96. The van der Waals surface area contributed by atoms with Crippen molar-refractivity contribution in [3.63, 3.8) is 0 Å². The average Bonchev–Trinajstić information content (AvgIpc) is 2.71. The number of hydrogen-bond donors (Lipinski definition) is 1. The lowest BCUT2D eigenvalue weighted by Crippen LogP contribution is -1.87. The quantitative estimate of drug-likeness (QED) is 0.804. The molecular formula is C12H8ClFN2. The van der Waals surface area contributed by atoms with Crippen LogP contribution in [0.3, 0.4) is 0 Å². The normalized spacial score (nSPS) is 10.1. The zero-order chi connectivity index (χ0) is 11.7. The summed E-state index contributed by atoms with van der Waals surface area (Å²) in [6.07, 6.45) is 3.27. The van der Waals surface area contributed by atoms with Gasteiger partial charge < -0.3 is 4.98 Å². The molecule has 80 valence electrons. The zero-order valence-corrected chi connectivity index (χ0v) is 9.27. The van der Waals surface area contributed by atoms with Gasteiger partial charge in [0.2, 0.25) is 0 Å². The monoisotopic (exact) mass is 234 g/mol. The molecule has 0 aliphatic carbocycles. The first kappa shape index (κ1) is 10.7. The van der Waals surface area contributed by atoms with Crippen molar-refractivity contribution in [3.8, 4) is 17.2 Å². The molecule has 0 radical (unpaired) electrons. The molecule has 1 heterocycles. The molecule has 16 heavy (non-hydrogen) atoms. The third kappa shape index (κ3) is 1.68. The number of aromatic amines is 1. The molecule has 0 aliphatic heterocycles. The van der Waals surface area contributed by atoms with E-state index in [4.69, 9.17) is 16.9 Å². The van der Waals surface area contributed by atoms with Gasteiger partial charge in [0, 0.05) is 23.5 Å². The van der Waals surface area contributed by atoms with Crippen LogP contribution in [0.5, 0.6) is 0 Å². The molecular weight excluding hydrogens is 227 g/mol. The maximum Gasteiger partial charge on any atom is 0.127 e. The topological polar surface area (TPSA) is 39.6 Å². The molecule has 2 rings (SSSR count). The van der Waals surface area contributed by atoms with Crippen molar-refractivity contribution in [1.29, 1.82) is 5.26 Å². The average molecular weight is 235 g/mol. The van der Waals surface area contributed by atoms with Crippen LogP contribution in [0.2, 0.25) is 5.02 Å². The van der Waals surface area contributed by atoms with Gasteiger partial charge in [-0.3, -0.25) is 0 Å². The maximum absolute atomic E-state index is 13.2. The van der Waals surface area contributed by atoms with Gasteiger partial charge in [0.25, 0.3) is 0 Å². The van der Waals surface area contributed by atoms with Crippen LogP contribution in [0.25, 0.3) is 11.1 Å². The highest BCUT2D eigenvalue weighted by atomic mass is 35.5. The van der Waals surface area contributed by atoms with Crippen LogP contribution >= 0.6 is 11.6 Å². The number of rotatable bonds is 1. The van der Waals surface area contributed by atoms with Gasteiger partial charge in [-0.25, -0.2) is 4.39 Å². The van der Waals surface area contributed by atoms with Gasteiger partial charge in [0.05, 0.1) is 10.6 Å². The summed E-state index contributed by atoms with van der Waals surface area (Å²) in [5.74, 6) is -0.345. The lowest BCUT2D eigenvalue weighted by molar-refractivity contribution is 0.619. The smallest absolute Gasteiger partial charge is 0.127 e. The molecule has 2 nitrogen and oxygen atoms in total. The van der Waals surface area contributed by atoms with Gasteiger partial charge in [-0.2, -0.15) is 5.26 Å². The van der Waals surface area contributed by atoms with Gasteiger partial charge in [-0.15, -0.1) is 0 Å². The molecule has 4 heteroatoms. The maximum atomic E-state index is 13.2. The van der Waals surface area contributed by atoms with Crippen molar-refractivity contribution < 1.29 is 4.39 Å². The van der Waals surface area contributed by atoms with Gasteiger partial charge in [-0.1, -0.05) is 11.6 Å². The van der Waals surface area contributed by atoms with Crippen molar-refractivity contribution in [2.75, 3.05) is 0 Å². The standard InChI is InChI=1S/C12H8ClFN2/c1-7-2-9(11(13)3-12(7)14)10-6-16-5-8(10)4-15/h2-3,5-6,16H,1H3. The number of aromatic nitrogens is 1. The fraction of sp³-hybridized carbons (Fsp3) is 0.0833. The molecule has 0 saturated carbocycles. The minimum absolute atomic E-state index is 0.305. The molecule has 1 aromatic carbocycles. The predicted octanol–water partition coefficient (Wildman–Crippen LogP) is 3.65. The van der Waals surface area contributed by atoms with Crippen molar-refractivity contribution in [2.24, 2.45) is 0 Å². The first-order valence-electron chi connectivity index (χ1n) is 4.66. The Balaban J connectivity index is 2.66. The van der Waals surface area contributed by atoms with Crippen LogP contribution in [0.15, 0.2) is 24.5 Å². The third-order valence-corrected chi connectivity index (χ3v) is 2.72. The van der Waals surface area contributed by atoms with Gasteiger partial charge in [0.1, 0.15) is 11.9 Å². The number of nitrogens with zero attached hydrogens (tertiary/aromatic N) is 1. The number of aryl methyl sites for hydroxylation is 1. The molecule has 1 aromatic heterocycles. The molecule has 0 fully saturated rings. The Morgan fingerprint density at radius 1 is 1.31 bits per heavy atom. The summed E-state index contributed by atoms with van der Waals surface area (Å²) in [4.78, 5) is 2.83. The third-order valence-electron chi connectivity index (χ3n) is 2.40. The van der Waals surface area contributed by atoms with Crippen molar-refractivity contribution >= 4 is 11.6 Å². The molecule has 0 aliphatic rings. The Bertz CT molecular complexity index is 581. The van der Waals surface area contributed by atoms with Gasteiger partial charge in [0.15, 0.2) is 0 Å². The Labute approximate surface area is 97.3 Å². The van der Waals surface area contributed by atoms with Crippen molar-refractivity contribution in [3.05, 3.63) is 46.5 Å². The summed E-state index contributed by atoms with van der Waals surface area (Å²) >= 11 is 5.96. The predicted molar refractivity (Wildman–Crippen MR) is 60.6 cm³/mol. The summed E-state index contributed by atoms with van der Waals surface area (Å²) in [5, 5.41) is 9.20. The second-order valence-electron chi connectivity index (χ2n) is 3.48. The van der Waals surface area contributed by atoms with E-state index in [1.165, 1.54) is 6.07 Å². The van der Waals surface area contributed by atoms with Crippen LogP contribution in [-0.4, -0.2) is 4.98 Å². The number of hydrogen-bond acceptors (Lipinski definition) is 1. The minimum atomic E-state index is -0.345. The molecule has 0 unspecified atom stereocenters. The highest BCUT2D eigenvalue weighted by Crippen LogP contribution is 2.32. The molecule has 1 N–H and O–H groups in total. The van der Waals surface area contributed by atoms with Gasteiger partial charge >= 0.3 is 0 Å². The lowest BCUT2D eigenvalue weighted by Gasteiger charge is -2.05. The van der Waals surface area contributed by atoms with E-state index in [0.29, 0.717) is 27.3 Å². The second-order valence-corrected chi connectivity index (χ2v) is 3.88. The molecule has 2 aromatic rings. The first-order chi connectivity index (χ1) is 7.63. The summed E-state index contributed by atoms with van der Waals surface area (Å²) in [7, 11) is 0. The lowest BCUT2D eigenvalue weighted by atomic mass is 10.0. The first-order valence-corrected chi connectivity index (χ1v) is 5.04. The SMILES string of the molecule is Cc1cc(-c2c[nH]cc2C#N)c(Cl)cc1F. The van der Waals surface area contributed by atoms with E-state index in [1.807, 2.05) is 0 Å². The molecule has 0 spiro atoms. The fourth-order valence-electron chi connectivity index (χ4n) is 1.54. The minimum Gasteiger partial charge on any atom is -0.366 e. The molecule has 0 amide bonds. The number of halogens is 2. The Morgan fingerprint density at radius 2 is 2.06 bits per heavy atom. The Hall–Kier alpha value is -1.79. The summed E-state index contributed by atoms with van der Waals surface area (Å²) < 4.78 is 13.2. The second kappa shape index (κ2) is 3.99. The highest BCUT2D eigenvalue weighted by Gasteiger charge is 2.12. The Kier molecular flexibility index (Phi) is 2.67. The van der Waals surface area contributed by atoms with Crippen LogP contribution in [0, 0.1) is 24.1 Å². The Morgan fingerprint density at radius 3 is 2.75 bits per heavy atom. The highest BCUT2D eigenvalue weighted by molar-refractivity contribution is 6.33. The van der Waals surface area contributed by atoms with Gasteiger partial charge in [-0.05, 0) is 24.6 Å². The fourth-order valence-corrected chi connectivity index (χ4v) is 1.79. The van der Waals surface area contributed by atoms with Crippen LogP contribution in [0.1, 0.15) is 11.1 Å². The molecule has 0 saturated heterocycles. The van der Waals surface area contributed by atoms with E-state index < -0.39 is 0 Å². The molecule has 0 atom stereocenters. The largest absolute Gasteiger partial charge is 0.366 e. The number of H-pyrrole nitrogens is 1. The van der Waals surface area contributed by atoms with E-state index in [1.54, 1.807) is 25.4 Å². The number of nitriles is 1. The van der Waals surface area contributed by atoms with Crippen molar-refractivity contribution in [1.82, 2.24) is 4.98 Å². The summed E-state index contributed by atoms with van der Waals surface area (Å²) in [6.45, 7) is 1.66. The zero-order valence-electron chi connectivity index (χ0n) is 8.51. The van der Waals surface area contributed by atoms with Crippen LogP contribution in [0.4, 0.5) is 4.39 Å². The van der Waals surface area contributed by atoms with Crippen LogP contribution in [-0.2, 0) is 0 Å². The van der Waals surface area contributed by atoms with E-state index in [9.17, 15) is 4.39 Å². The van der Waals surface area contributed by atoms with E-state index >= 15 is 0 Å². The number of benzene rings is 1. The van der Waals surface area contributed by atoms with E-state index in [-0.39, 0.29) is 5.82 Å².